The maximum atomic E-state index is 12.6. The first-order valence-electron chi connectivity index (χ1n) is 8.48. The van der Waals surface area contributed by atoms with Gasteiger partial charge in [0.05, 0.1) is 5.56 Å². The van der Waals surface area contributed by atoms with Crippen molar-refractivity contribution in [3.05, 3.63) is 71.3 Å². The van der Waals surface area contributed by atoms with Gasteiger partial charge in [-0.25, -0.2) is 4.79 Å². The molecule has 3 rings (SSSR count). The SMILES string of the molecule is CC1(c2cccc(NC(=O)/C=C/c3ccc(C(F)(F)F)cc3)c2)NC(=O)NC1=O. The summed E-state index contributed by atoms with van der Waals surface area (Å²) in [5.41, 5.74) is -0.731. The van der Waals surface area contributed by atoms with Crippen molar-refractivity contribution in [1.82, 2.24) is 10.6 Å². The highest BCUT2D eigenvalue weighted by Gasteiger charge is 2.43. The van der Waals surface area contributed by atoms with Crippen LogP contribution in [0.15, 0.2) is 54.6 Å². The Hall–Kier alpha value is -3.62. The normalized spacial score (nSPS) is 19.2. The van der Waals surface area contributed by atoms with Crippen molar-refractivity contribution in [2.24, 2.45) is 0 Å². The zero-order chi connectivity index (χ0) is 21.2. The lowest BCUT2D eigenvalue weighted by molar-refractivity contribution is -0.137. The molecule has 3 N–H and O–H groups in total. The van der Waals surface area contributed by atoms with E-state index in [2.05, 4.69) is 16.0 Å². The predicted molar refractivity (Wildman–Crippen MR) is 99.6 cm³/mol. The van der Waals surface area contributed by atoms with Gasteiger partial charge in [0, 0.05) is 11.8 Å². The van der Waals surface area contributed by atoms with Gasteiger partial charge in [0.1, 0.15) is 5.54 Å². The van der Waals surface area contributed by atoms with Crippen molar-refractivity contribution in [2.45, 2.75) is 18.6 Å². The van der Waals surface area contributed by atoms with Crippen molar-refractivity contribution in [3.8, 4) is 0 Å². The fourth-order valence-corrected chi connectivity index (χ4v) is 2.79. The molecule has 0 saturated carbocycles. The van der Waals surface area contributed by atoms with Crippen LogP contribution in [0, 0.1) is 0 Å². The summed E-state index contributed by atoms with van der Waals surface area (Å²) < 4.78 is 37.7. The van der Waals surface area contributed by atoms with Crippen LogP contribution in [0.4, 0.5) is 23.7 Å². The summed E-state index contributed by atoms with van der Waals surface area (Å²) in [5.74, 6) is -1.01. The Labute approximate surface area is 163 Å². The van der Waals surface area contributed by atoms with E-state index in [-0.39, 0.29) is 0 Å². The fourth-order valence-electron chi connectivity index (χ4n) is 2.79. The number of nitrogens with one attached hydrogen (secondary N) is 3. The van der Waals surface area contributed by atoms with E-state index in [0.29, 0.717) is 16.8 Å². The fraction of sp³-hybridized carbons (Fsp3) is 0.150. The van der Waals surface area contributed by atoms with E-state index in [1.165, 1.54) is 24.3 Å². The minimum Gasteiger partial charge on any atom is -0.323 e. The third kappa shape index (κ3) is 4.45. The highest BCUT2D eigenvalue weighted by Crippen LogP contribution is 2.29. The van der Waals surface area contributed by atoms with Crippen molar-refractivity contribution in [2.75, 3.05) is 5.32 Å². The van der Waals surface area contributed by atoms with E-state index < -0.39 is 35.1 Å². The van der Waals surface area contributed by atoms with Crippen molar-refractivity contribution in [1.29, 1.82) is 0 Å². The van der Waals surface area contributed by atoms with Gasteiger partial charge in [0.25, 0.3) is 5.91 Å². The Kier molecular flexibility index (Phi) is 5.15. The van der Waals surface area contributed by atoms with E-state index in [0.717, 1.165) is 12.1 Å². The molecule has 0 spiro atoms. The van der Waals surface area contributed by atoms with Crippen LogP contribution in [0.5, 0.6) is 0 Å². The van der Waals surface area contributed by atoms with Gasteiger partial charge in [0.2, 0.25) is 5.91 Å². The predicted octanol–water partition coefficient (Wildman–Crippen LogP) is 3.41. The van der Waals surface area contributed by atoms with E-state index in [4.69, 9.17) is 0 Å². The molecule has 29 heavy (non-hydrogen) atoms. The lowest BCUT2D eigenvalue weighted by Gasteiger charge is -2.21. The van der Waals surface area contributed by atoms with E-state index >= 15 is 0 Å². The Morgan fingerprint density at radius 3 is 2.38 bits per heavy atom. The zero-order valence-corrected chi connectivity index (χ0v) is 15.1. The van der Waals surface area contributed by atoms with Crippen molar-refractivity contribution < 1.29 is 27.6 Å². The van der Waals surface area contributed by atoms with Crippen LogP contribution < -0.4 is 16.0 Å². The lowest BCUT2D eigenvalue weighted by Crippen LogP contribution is -2.40. The Balaban J connectivity index is 1.69. The molecular weight excluding hydrogens is 387 g/mol. The van der Waals surface area contributed by atoms with Crippen LogP contribution >= 0.6 is 0 Å². The molecule has 9 heteroatoms. The Bertz CT molecular complexity index is 1000. The van der Waals surface area contributed by atoms with E-state index in [9.17, 15) is 27.6 Å². The number of imide groups is 1. The number of urea groups is 1. The molecular formula is C20H16F3N3O3. The third-order valence-corrected chi connectivity index (χ3v) is 4.42. The van der Waals surface area contributed by atoms with Gasteiger partial charge in [-0.1, -0.05) is 24.3 Å². The van der Waals surface area contributed by atoms with Gasteiger partial charge < -0.3 is 10.6 Å². The number of halogens is 3. The van der Waals surface area contributed by atoms with Gasteiger partial charge in [-0.3, -0.25) is 14.9 Å². The number of benzene rings is 2. The molecule has 2 aromatic carbocycles. The zero-order valence-electron chi connectivity index (χ0n) is 15.1. The molecule has 0 bridgehead atoms. The Morgan fingerprint density at radius 2 is 1.79 bits per heavy atom. The average molecular weight is 403 g/mol. The maximum absolute atomic E-state index is 12.6. The Morgan fingerprint density at radius 1 is 1.10 bits per heavy atom. The molecule has 1 atom stereocenters. The number of hydrogen-bond acceptors (Lipinski definition) is 3. The van der Waals surface area contributed by atoms with Crippen LogP contribution in [0.25, 0.3) is 6.08 Å². The van der Waals surface area contributed by atoms with Gasteiger partial charge in [0.15, 0.2) is 0 Å². The molecule has 1 saturated heterocycles. The lowest BCUT2D eigenvalue weighted by atomic mass is 9.92. The molecule has 6 nitrogen and oxygen atoms in total. The largest absolute Gasteiger partial charge is 0.416 e. The van der Waals surface area contributed by atoms with Crippen LogP contribution in [0.1, 0.15) is 23.6 Å². The number of hydrogen-bond donors (Lipinski definition) is 3. The number of alkyl halides is 3. The molecule has 1 unspecified atom stereocenters. The number of amides is 4. The topological polar surface area (TPSA) is 87.3 Å². The maximum Gasteiger partial charge on any atom is 0.416 e. The minimum atomic E-state index is -4.42. The third-order valence-electron chi connectivity index (χ3n) is 4.42. The van der Waals surface area contributed by atoms with Crippen LogP contribution in [-0.2, 0) is 21.3 Å². The average Bonchev–Trinajstić information content (AvgIpc) is 2.93. The summed E-state index contributed by atoms with van der Waals surface area (Å²) in [6, 6.07) is 10.2. The summed E-state index contributed by atoms with van der Waals surface area (Å²) in [6.45, 7) is 1.54. The highest BCUT2D eigenvalue weighted by atomic mass is 19.4. The molecule has 150 valence electrons. The monoisotopic (exact) mass is 403 g/mol. The first-order chi connectivity index (χ1) is 13.6. The highest BCUT2D eigenvalue weighted by molar-refractivity contribution is 6.07. The minimum absolute atomic E-state index is 0.389. The second-order valence-electron chi connectivity index (χ2n) is 6.56. The van der Waals surface area contributed by atoms with E-state index in [1.807, 2.05) is 0 Å². The van der Waals surface area contributed by atoms with Gasteiger partial charge in [-0.2, -0.15) is 13.2 Å². The molecule has 4 amide bonds. The summed E-state index contributed by atoms with van der Waals surface area (Å²) in [5, 5.41) is 7.30. The van der Waals surface area contributed by atoms with Gasteiger partial charge in [-0.15, -0.1) is 0 Å². The quantitative estimate of drug-likeness (QED) is 0.540. The molecule has 1 aliphatic rings. The van der Waals surface area contributed by atoms with Crippen LogP contribution in [0.2, 0.25) is 0 Å². The number of carbonyl (C=O) groups is 3. The first-order valence-corrected chi connectivity index (χ1v) is 8.48. The summed E-state index contributed by atoms with van der Waals surface area (Å²) in [6.07, 6.45) is -1.86. The second kappa shape index (κ2) is 7.42. The second-order valence-corrected chi connectivity index (χ2v) is 6.56. The van der Waals surface area contributed by atoms with Crippen molar-refractivity contribution in [3.63, 3.8) is 0 Å². The summed E-state index contributed by atoms with van der Waals surface area (Å²) >= 11 is 0. The molecule has 0 radical (unpaired) electrons. The van der Waals surface area contributed by atoms with Gasteiger partial charge >= 0.3 is 12.2 Å². The number of carbonyl (C=O) groups excluding carboxylic acids is 3. The summed E-state index contributed by atoms with van der Waals surface area (Å²) in [4.78, 5) is 35.6. The van der Waals surface area contributed by atoms with Crippen LogP contribution in [-0.4, -0.2) is 17.8 Å². The molecule has 1 aliphatic heterocycles. The first kappa shape index (κ1) is 20.1. The van der Waals surface area contributed by atoms with E-state index in [1.54, 1.807) is 31.2 Å². The molecule has 1 fully saturated rings. The molecule has 1 heterocycles. The standard InChI is InChI=1S/C20H16F3N3O3/c1-19(17(28)25-18(29)26-19)14-3-2-4-15(11-14)24-16(27)10-7-12-5-8-13(9-6-12)20(21,22)23/h2-11H,1H3,(H,24,27)(H2,25,26,28,29)/b10-7+. The smallest absolute Gasteiger partial charge is 0.323 e. The number of anilines is 1. The van der Waals surface area contributed by atoms with Crippen LogP contribution in [0.3, 0.4) is 0 Å². The molecule has 0 aliphatic carbocycles. The summed E-state index contributed by atoms with van der Waals surface area (Å²) in [7, 11) is 0. The molecule has 0 aromatic heterocycles. The number of rotatable bonds is 4. The van der Waals surface area contributed by atoms with Crippen molar-refractivity contribution >= 4 is 29.6 Å². The molecule has 2 aromatic rings. The van der Waals surface area contributed by atoms with Gasteiger partial charge in [-0.05, 0) is 48.4 Å².